The van der Waals surface area contributed by atoms with Crippen LogP contribution >= 0.6 is 11.6 Å². The Morgan fingerprint density at radius 2 is 1.82 bits per heavy atom. The van der Waals surface area contributed by atoms with Crippen molar-refractivity contribution in [2.24, 2.45) is 5.92 Å². The Balaban J connectivity index is 1.47. The third-order valence-electron chi connectivity index (χ3n) is 5.38. The van der Waals surface area contributed by atoms with Crippen LogP contribution in [0.25, 0.3) is 6.08 Å². The van der Waals surface area contributed by atoms with Crippen LogP contribution in [0.15, 0.2) is 48.5 Å². The van der Waals surface area contributed by atoms with Crippen molar-refractivity contribution < 1.29 is 19.1 Å². The van der Waals surface area contributed by atoms with E-state index in [0.29, 0.717) is 60.9 Å². The number of methoxy groups -OCH3 is 1. The van der Waals surface area contributed by atoms with Gasteiger partial charge in [-0.05, 0) is 41.8 Å². The molecule has 2 amide bonds. The Morgan fingerprint density at radius 3 is 2.50 bits per heavy atom. The molecule has 0 aromatic heterocycles. The third kappa shape index (κ3) is 7.50. The van der Waals surface area contributed by atoms with Gasteiger partial charge in [-0.1, -0.05) is 43.6 Å². The summed E-state index contributed by atoms with van der Waals surface area (Å²) in [5.41, 5.74) is 1.46. The van der Waals surface area contributed by atoms with Gasteiger partial charge in [-0.15, -0.1) is 0 Å². The van der Waals surface area contributed by atoms with Gasteiger partial charge in [0.25, 0.3) is 0 Å². The highest BCUT2D eigenvalue weighted by Gasteiger charge is 2.21. The van der Waals surface area contributed by atoms with E-state index in [2.05, 4.69) is 19.2 Å². The summed E-state index contributed by atoms with van der Waals surface area (Å²) in [5, 5.41) is 3.34. The van der Waals surface area contributed by atoms with Gasteiger partial charge >= 0.3 is 0 Å². The van der Waals surface area contributed by atoms with Crippen LogP contribution in [0.1, 0.15) is 19.4 Å². The minimum absolute atomic E-state index is 0.0562. The number of anilines is 1. The Bertz CT molecular complexity index is 1020. The maximum atomic E-state index is 12.6. The number of nitrogens with zero attached hydrogens (tertiary/aromatic N) is 2. The van der Waals surface area contributed by atoms with Crippen LogP contribution in [0, 0.1) is 5.92 Å². The maximum Gasteiger partial charge on any atom is 0.246 e. The Morgan fingerprint density at radius 1 is 1.09 bits per heavy atom. The van der Waals surface area contributed by atoms with Gasteiger partial charge in [0.1, 0.15) is 0 Å². The molecule has 1 heterocycles. The summed E-state index contributed by atoms with van der Waals surface area (Å²) >= 11 is 6.10. The van der Waals surface area contributed by atoms with E-state index in [4.69, 9.17) is 21.1 Å². The largest absolute Gasteiger partial charge is 0.493 e. The molecule has 34 heavy (non-hydrogen) atoms. The quantitative estimate of drug-likeness (QED) is 0.539. The lowest BCUT2D eigenvalue weighted by Gasteiger charge is -2.33. The molecule has 7 nitrogen and oxygen atoms in total. The van der Waals surface area contributed by atoms with Crippen LogP contribution in [-0.4, -0.2) is 68.1 Å². The molecule has 0 saturated carbocycles. The average Bonchev–Trinajstić information content (AvgIpc) is 2.83. The lowest BCUT2D eigenvalue weighted by Crippen LogP contribution is -2.50. The second-order valence-corrected chi connectivity index (χ2v) is 8.99. The van der Waals surface area contributed by atoms with Gasteiger partial charge in [-0.2, -0.15) is 0 Å². The van der Waals surface area contributed by atoms with E-state index in [1.54, 1.807) is 36.3 Å². The number of amides is 2. The Kier molecular flexibility index (Phi) is 9.36. The molecule has 1 fully saturated rings. The van der Waals surface area contributed by atoms with Crippen molar-refractivity contribution in [2.45, 2.75) is 13.8 Å². The molecule has 1 aliphatic rings. The molecule has 0 spiro atoms. The van der Waals surface area contributed by atoms with E-state index in [1.807, 2.05) is 35.2 Å². The van der Waals surface area contributed by atoms with Crippen molar-refractivity contribution in [3.05, 3.63) is 59.1 Å². The first-order valence-electron chi connectivity index (χ1n) is 11.4. The van der Waals surface area contributed by atoms with Crippen molar-refractivity contribution in [2.75, 3.05) is 51.8 Å². The minimum atomic E-state index is -0.123. The zero-order valence-electron chi connectivity index (χ0n) is 19.9. The summed E-state index contributed by atoms with van der Waals surface area (Å²) in [6, 6.07) is 12.8. The van der Waals surface area contributed by atoms with Crippen LogP contribution < -0.4 is 14.8 Å². The number of halogens is 1. The maximum absolute atomic E-state index is 12.6. The van der Waals surface area contributed by atoms with Crippen LogP contribution in [-0.2, 0) is 9.59 Å². The molecule has 1 saturated heterocycles. The molecular formula is C26H32ClN3O4. The zero-order chi connectivity index (χ0) is 24.5. The van der Waals surface area contributed by atoms with Crippen LogP contribution in [0.2, 0.25) is 5.02 Å². The second kappa shape index (κ2) is 12.4. The number of hydrogen-bond acceptors (Lipinski definition) is 5. The normalized spacial score (nSPS) is 14.4. The van der Waals surface area contributed by atoms with Gasteiger partial charge in [0, 0.05) is 32.3 Å². The topological polar surface area (TPSA) is 71.1 Å². The number of carbonyl (C=O) groups excluding carboxylic acids is 2. The number of piperazine rings is 1. The standard InChI is InChI=1S/C26H32ClN3O4/c1-19(2)18-34-23-10-8-20(16-24(23)33-3)9-11-26(32)30-14-12-29(13-15-30)17-25(31)28-22-7-5-4-6-21(22)27/h4-11,16,19H,12-15,17-18H2,1-3H3,(H,28,31)/b11-9+. The van der Waals surface area contributed by atoms with E-state index in [0.717, 1.165) is 5.56 Å². The zero-order valence-corrected chi connectivity index (χ0v) is 20.7. The van der Waals surface area contributed by atoms with Gasteiger partial charge in [0.15, 0.2) is 11.5 Å². The van der Waals surface area contributed by atoms with Gasteiger partial charge in [-0.25, -0.2) is 0 Å². The molecule has 2 aromatic rings. The summed E-state index contributed by atoms with van der Waals surface area (Å²) in [7, 11) is 1.60. The SMILES string of the molecule is COc1cc(/C=C/C(=O)N2CCN(CC(=O)Nc3ccccc3Cl)CC2)ccc1OCC(C)C. The molecule has 8 heteroatoms. The summed E-state index contributed by atoms with van der Waals surface area (Å²) < 4.78 is 11.2. The first-order chi connectivity index (χ1) is 16.4. The number of carbonyl (C=O) groups is 2. The van der Waals surface area contributed by atoms with Gasteiger partial charge < -0.3 is 19.7 Å². The third-order valence-corrected chi connectivity index (χ3v) is 5.71. The molecular weight excluding hydrogens is 454 g/mol. The highest BCUT2D eigenvalue weighted by molar-refractivity contribution is 6.33. The smallest absolute Gasteiger partial charge is 0.246 e. The highest BCUT2D eigenvalue weighted by atomic mass is 35.5. The van der Waals surface area contributed by atoms with Crippen LogP contribution in [0.4, 0.5) is 5.69 Å². The molecule has 0 atom stereocenters. The molecule has 3 rings (SSSR count). The van der Waals surface area contributed by atoms with Crippen molar-refractivity contribution in [1.82, 2.24) is 9.80 Å². The highest BCUT2D eigenvalue weighted by Crippen LogP contribution is 2.29. The fourth-order valence-electron chi connectivity index (χ4n) is 3.52. The van der Waals surface area contributed by atoms with Crippen LogP contribution in [0.3, 0.4) is 0 Å². The number of ether oxygens (including phenoxy) is 2. The summed E-state index contributed by atoms with van der Waals surface area (Å²) in [6.07, 6.45) is 3.35. The molecule has 0 aliphatic carbocycles. The van der Waals surface area contributed by atoms with E-state index in [1.165, 1.54) is 0 Å². The first kappa shape index (κ1) is 25.6. The van der Waals surface area contributed by atoms with Crippen molar-refractivity contribution in [3.8, 4) is 11.5 Å². The van der Waals surface area contributed by atoms with Crippen molar-refractivity contribution >= 4 is 35.2 Å². The van der Waals surface area contributed by atoms with Gasteiger partial charge in [-0.3, -0.25) is 14.5 Å². The summed E-state index contributed by atoms with van der Waals surface area (Å²) in [5.74, 6) is 1.56. The number of benzene rings is 2. The van der Waals surface area contributed by atoms with Gasteiger partial charge in [0.05, 0.1) is 31.0 Å². The predicted octanol–water partition coefficient (Wildman–Crippen LogP) is 4.18. The number of hydrogen-bond donors (Lipinski definition) is 1. The van der Waals surface area contributed by atoms with Crippen molar-refractivity contribution in [1.29, 1.82) is 0 Å². The lowest BCUT2D eigenvalue weighted by atomic mass is 10.1. The van der Waals surface area contributed by atoms with E-state index in [9.17, 15) is 9.59 Å². The minimum Gasteiger partial charge on any atom is -0.493 e. The number of rotatable bonds is 9. The van der Waals surface area contributed by atoms with E-state index < -0.39 is 0 Å². The molecule has 0 bridgehead atoms. The van der Waals surface area contributed by atoms with Crippen LogP contribution in [0.5, 0.6) is 11.5 Å². The van der Waals surface area contributed by atoms with Crippen molar-refractivity contribution in [3.63, 3.8) is 0 Å². The monoisotopic (exact) mass is 485 g/mol. The predicted molar refractivity (Wildman–Crippen MR) is 135 cm³/mol. The first-order valence-corrected chi connectivity index (χ1v) is 11.8. The summed E-state index contributed by atoms with van der Waals surface area (Å²) in [6.45, 7) is 7.43. The average molecular weight is 486 g/mol. The molecule has 2 aromatic carbocycles. The second-order valence-electron chi connectivity index (χ2n) is 8.58. The molecule has 1 N–H and O–H groups in total. The molecule has 182 valence electrons. The molecule has 0 unspecified atom stereocenters. The Hall–Kier alpha value is -3.03. The summed E-state index contributed by atoms with van der Waals surface area (Å²) in [4.78, 5) is 28.8. The number of nitrogens with one attached hydrogen (secondary N) is 1. The van der Waals surface area contributed by atoms with Gasteiger partial charge in [0.2, 0.25) is 11.8 Å². The van der Waals surface area contributed by atoms with E-state index >= 15 is 0 Å². The van der Waals surface area contributed by atoms with E-state index in [-0.39, 0.29) is 18.4 Å². The fraction of sp³-hybridized carbons (Fsp3) is 0.385. The molecule has 0 radical (unpaired) electrons. The molecule has 1 aliphatic heterocycles. The fourth-order valence-corrected chi connectivity index (χ4v) is 3.70. The Labute approximate surface area is 206 Å². The number of para-hydroxylation sites is 1. The lowest BCUT2D eigenvalue weighted by molar-refractivity contribution is -0.127.